The molecule has 0 aromatic rings. The number of ether oxygens (including phenoxy) is 2. The SMILES string of the molecule is CCOC(=O)N1CCC(NC(N)=NCCCCC(=O)OC)CC1.I. The predicted molar refractivity (Wildman–Crippen MR) is 103 cm³/mol. The molecular formula is C15H29IN4O4. The number of esters is 1. The number of piperidine rings is 1. The fraction of sp³-hybridized carbons (Fsp3) is 0.800. The van der Waals surface area contributed by atoms with E-state index in [0.717, 1.165) is 25.7 Å². The lowest BCUT2D eigenvalue weighted by molar-refractivity contribution is -0.140. The number of hydrogen-bond acceptors (Lipinski definition) is 5. The van der Waals surface area contributed by atoms with Crippen LogP contribution in [0.1, 0.15) is 39.0 Å². The van der Waals surface area contributed by atoms with Crippen LogP contribution in [-0.2, 0) is 14.3 Å². The van der Waals surface area contributed by atoms with Gasteiger partial charge in [0.2, 0.25) is 0 Å². The van der Waals surface area contributed by atoms with Crippen molar-refractivity contribution in [1.82, 2.24) is 10.2 Å². The van der Waals surface area contributed by atoms with Crippen LogP contribution in [0.25, 0.3) is 0 Å². The third-order valence-corrected chi connectivity index (χ3v) is 3.67. The van der Waals surface area contributed by atoms with Crippen molar-refractivity contribution in [2.45, 2.75) is 45.1 Å². The number of likely N-dealkylation sites (tertiary alicyclic amines) is 1. The maximum absolute atomic E-state index is 11.6. The molecule has 0 aromatic heterocycles. The van der Waals surface area contributed by atoms with Gasteiger partial charge in [-0.1, -0.05) is 0 Å². The summed E-state index contributed by atoms with van der Waals surface area (Å²) in [4.78, 5) is 28.5. The fourth-order valence-corrected chi connectivity index (χ4v) is 2.36. The summed E-state index contributed by atoms with van der Waals surface area (Å²) >= 11 is 0. The quantitative estimate of drug-likeness (QED) is 0.198. The molecule has 0 aromatic carbocycles. The highest BCUT2D eigenvalue weighted by molar-refractivity contribution is 14.0. The Kier molecular flexibility index (Phi) is 12.4. The van der Waals surface area contributed by atoms with Gasteiger partial charge in [0.05, 0.1) is 13.7 Å². The summed E-state index contributed by atoms with van der Waals surface area (Å²) in [6, 6.07) is 0.222. The van der Waals surface area contributed by atoms with Gasteiger partial charge in [0.15, 0.2) is 5.96 Å². The average molecular weight is 456 g/mol. The van der Waals surface area contributed by atoms with Gasteiger partial charge in [-0.05, 0) is 32.6 Å². The van der Waals surface area contributed by atoms with E-state index in [4.69, 9.17) is 10.5 Å². The number of hydrogen-bond donors (Lipinski definition) is 2. The number of guanidine groups is 1. The van der Waals surface area contributed by atoms with Crippen LogP contribution in [0.5, 0.6) is 0 Å². The number of carbonyl (C=O) groups is 2. The molecule has 0 spiro atoms. The molecule has 3 N–H and O–H groups in total. The Morgan fingerprint density at radius 2 is 1.96 bits per heavy atom. The molecule has 1 saturated heterocycles. The Bertz CT molecular complexity index is 412. The highest BCUT2D eigenvalue weighted by atomic mass is 127. The molecule has 1 rings (SSSR count). The average Bonchev–Trinajstić information content (AvgIpc) is 2.55. The van der Waals surface area contributed by atoms with Crippen molar-refractivity contribution >= 4 is 42.0 Å². The molecule has 0 saturated carbocycles. The number of amides is 1. The molecule has 24 heavy (non-hydrogen) atoms. The largest absolute Gasteiger partial charge is 0.469 e. The molecule has 9 heteroatoms. The topological polar surface area (TPSA) is 106 Å². The molecule has 0 radical (unpaired) electrons. The summed E-state index contributed by atoms with van der Waals surface area (Å²) in [5.74, 6) is 0.214. The molecule has 8 nitrogen and oxygen atoms in total. The van der Waals surface area contributed by atoms with Crippen molar-refractivity contribution < 1.29 is 19.1 Å². The van der Waals surface area contributed by atoms with Gasteiger partial charge in [-0.25, -0.2) is 4.79 Å². The Hall–Kier alpha value is -1.26. The Balaban J connectivity index is 0.00000529. The first-order valence-electron chi connectivity index (χ1n) is 8.11. The lowest BCUT2D eigenvalue weighted by Gasteiger charge is -2.31. The summed E-state index contributed by atoms with van der Waals surface area (Å²) in [7, 11) is 1.38. The van der Waals surface area contributed by atoms with Crippen LogP contribution in [0.2, 0.25) is 0 Å². The highest BCUT2D eigenvalue weighted by Crippen LogP contribution is 2.11. The number of methoxy groups -OCH3 is 1. The van der Waals surface area contributed by atoms with E-state index < -0.39 is 0 Å². The van der Waals surface area contributed by atoms with Crippen molar-refractivity contribution in [2.24, 2.45) is 10.7 Å². The van der Waals surface area contributed by atoms with Gasteiger partial charge in [0.25, 0.3) is 0 Å². The zero-order valence-electron chi connectivity index (χ0n) is 14.5. The Labute approximate surface area is 160 Å². The maximum atomic E-state index is 11.6. The van der Waals surface area contributed by atoms with Crippen molar-refractivity contribution in [3.8, 4) is 0 Å². The van der Waals surface area contributed by atoms with Crippen LogP contribution in [0.4, 0.5) is 4.79 Å². The molecule has 0 unspecified atom stereocenters. The number of carbonyl (C=O) groups excluding carboxylic acids is 2. The standard InChI is InChI=1S/C15H28N4O4.HI/c1-3-23-15(21)19-10-7-12(8-11-19)18-14(16)17-9-5-4-6-13(20)22-2;/h12H,3-11H2,1-2H3,(H3,16,17,18);1H. The summed E-state index contributed by atoms with van der Waals surface area (Å²) in [5.41, 5.74) is 5.86. The summed E-state index contributed by atoms with van der Waals surface area (Å²) in [5, 5.41) is 3.18. The number of nitrogens with two attached hydrogens (primary N) is 1. The minimum atomic E-state index is -0.252. The number of halogens is 1. The predicted octanol–water partition coefficient (Wildman–Crippen LogP) is 1.47. The van der Waals surface area contributed by atoms with Crippen LogP contribution in [0.3, 0.4) is 0 Å². The second kappa shape index (κ2) is 13.1. The molecule has 1 fully saturated rings. The van der Waals surface area contributed by atoms with Crippen LogP contribution >= 0.6 is 24.0 Å². The van der Waals surface area contributed by atoms with Crippen molar-refractivity contribution in [2.75, 3.05) is 33.4 Å². The third kappa shape index (κ3) is 9.14. The molecular weight excluding hydrogens is 427 g/mol. The molecule has 140 valence electrons. The lowest BCUT2D eigenvalue weighted by Crippen LogP contribution is -2.48. The third-order valence-electron chi connectivity index (χ3n) is 3.67. The van der Waals surface area contributed by atoms with E-state index in [-0.39, 0.29) is 42.1 Å². The van der Waals surface area contributed by atoms with Crippen molar-refractivity contribution in [3.05, 3.63) is 0 Å². The van der Waals surface area contributed by atoms with Gasteiger partial charge >= 0.3 is 12.1 Å². The normalized spacial score (nSPS) is 15.4. The summed E-state index contributed by atoms with van der Waals surface area (Å²) in [6.07, 6.45) is 3.32. The summed E-state index contributed by atoms with van der Waals surface area (Å²) in [6.45, 7) is 4.09. The first-order valence-corrected chi connectivity index (χ1v) is 8.11. The minimum absolute atomic E-state index is 0. The number of rotatable bonds is 7. The number of aliphatic imine (C=N–C) groups is 1. The fourth-order valence-electron chi connectivity index (χ4n) is 2.36. The minimum Gasteiger partial charge on any atom is -0.469 e. The van der Waals surface area contributed by atoms with E-state index >= 15 is 0 Å². The second-order valence-corrected chi connectivity index (χ2v) is 5.40. The van der Waals surface area contributed by atoms with Gasteiger partial charge in [0.1, 0.15) is 0 Å². The van der Waals surface area contributed by atoms with E-state index in [2.05, 4.69) is 15.0 Å². The first-order chi connectivity index (χ1) is 11.1. The van der Waals surface area contributed by atoms with Crippen molar-refractivity contribution in [1.29, 1.82) is 0 Å². The molecule has 1 aliphatic rings. The highest BCUT2D eigenvalue weighted by Gasteiger charge is 2.23. The molecule has 0 bridgehead atoms. The molecule has 0 aliphatic carbocycles. The lowest BCUT2D eigenvalue weighted by atomic mass is 10.1. The zero-order valence-corrected chi connectivity index (χ0v) is 16.8. The zero-order chi connectivity index (χ0) is 17.1. The van der Waals surface area contributed by atoms with E-state index in [0.29, 0.717) is 38.6 Å². The maximum Gasteiger partial charge on any atom is 0.409 e. The number of unbranched alkanes of at least 4 members (excludes halogenated alkanes) is 1. The molecule has 0 atom stereocenters. The van der Waals surface area contributed by atoms with Crippen LogP contribution in [0, 0.1) is 0 Å². The smallest absolute Gasteiger partial charge is 0.409 e. The van der Waals surface area contributed by atoms with Gasteiger partial charge in [-0.2, -0.15) is 0 Å². The Morgan fingerprint density at radius 1 is 1.29 bits per heavy atom. The van der Waals surface area contributed by atoms with E-state index in [1.807, 2.05) is 0 Å². The van der Waals surface area contributed by atoms with Crippen molar-refractivity contribution in [3.63, 3.8) is 0 Å². The van der Waals surface area contributed by atoms with Gasteiger partial charge in [-0.3, -0.25) is 9.79 Å². The van der Waals surface area contributed by atoms with Gasteiger partial charge in [0, 0.05) is 32.1 Å². The molecule has 1 heterocycles. The van der Waals surface area contributed by atoms with E-state index in [1.165, 1.54) is 7.11 Å². The summed E-state index contributed by atoms with van der Waals surface area (Å²) < 4.78 is 9.55. The first kappa shape index (κ1) is 22.7. The van der Waals surface area contributed by atoms with Crippen LogP contribution in [0.15, 0.2) is 4.99 Å². The van der Waals surface area contributed by atoms with E-state index in [9.17, 15) is 9.59 Å². The van der Waals surface area contributed by atoms with Gasteiger partial charge < -0.3 is 25.4 Å². The van der Waals surface area contributed by atoms with Crippen LogP contribution in [-0.4, -0.2) is 62.3 Å². The Morgan fingerprint density at radius 3 is 2.54 bits per heavy atom. The molecule has 1 aliphatic heterocycles. The number of nitrogens with zero attached hydrogens (tertiary/aromatic N) is 2. The van der Waals surface area contributed by atoms with Gasteiger partial charge in [-0.15, -0.1) is 24.0 Å². The van der Waals surface area contributed by atoms with E-state index in [1.54, 1.807) is 11.8 Å². The number of nitrogens with one attached hydrogen (secondary N) is 1. The second-order valence-electron chi connectivity index (χ2n) is 5.40. The van der Waals surface area contributed by atoms with Crippen LogP contribution < -0.4 is 11.1 Å². The molecule has 1 amide bonds. The monoisotopic (exact) mass is 456 g/mol.